The minimum atomic E-state index is -0.916. The molecule has 0 saturated carbocycles. The molecular weight excluding hydrogens is 414 g/mol. The minimum absolute atomic E-state index is 0.0130. The summed E-state index contributed by atoms with van der Waals surface area (Å²) in [5.74, 6) is -3.18. The van der Waals surface area contributed by atoms with Gasteiger partial charge >= 0.3 is 0 Å². The van der Waals surface area contributed by atoms with E-state index >= 15 is 0 Å². The highest BCUT2D eigenvalue weighted by Crippen LogP contribution is 2.33. The lowest BCUT2D eigenvalue weighted by atomic mass is 10.1. The molecular formula is C22H21ClF2N2O3. The first-order chi connectivity index (χ1) is 14.3. The van der Waals surface area contributed by atoms with Crippen LogP contribution in [0.1, 0.15) is 41.4 Å². The van der Waals surface area contributed by atoms with Gasteiger partial charge in [-0.2, -0.15) is 0 Å². The third kappa shape index (κ3) is 4.03. The Bertz CT molecular complexity index is 1140. The summed E-state index contributed by atoms with van der Waals surface area (Å²) in [7, 11) is 0. The van der Waals surface area contributed by atoms with Gasteiger partial charge in [0, 0.05) is 23.2 Å². The van der Waals surface area contributed by atoms with Gasteiger partial charge in [0.1, 0.15) is 5.82 Å². The topological polar surface area (TPSA) is 71.3 Å². The number of nitrogens with zero attached hydrogens (tertiary/aromatic N) is 1. The van der Waals surface area contributed by atoms with E-state index in [1.807, 2.05) is 6.92 Å². The number of hydrogen-bond donors (Lipinski definition) is 2. The number of halogens is 3. The predicted octanol–water partition coefficient (Wildman–Crippen LogP) is 4.73. The van der Waals surface area contributed by atoms with Crippen molar-refractivity contribution in [3.8, 4) is 5.75 Å². The third-order valence-electron chi connectivity index (χ3n) is 4.97. The Hall–Kier alpha value is -2.93. The molecule has 0 atom stereocenters. The van der Waals surface area contributed by atoms with E-state index in [9.17, 15) is 23.5 Å². The number of rotatable bonds is 6. The number of nitrogens with one attached hydrogen (secondary N) is 1. The molecule has 0 fully saturated rings. The molecule has 1 heterocycles. The van der Waals surface area contributed by atoms with E-state index in [-0.39, 0.29) is 39.4 Å². The maximum Gasteiger partial charge on any atom is 0.262 e. The number of carbonyl (C=O) groups is 2. The molecule has 2 aromatic carbocycles. The highest BCUT2D eigenvalue weighted by atomic mass is 35.5. The van der Waals surface area contributed by atoms with Gasteiger partial charge in [-0.15, -0.1) is 0 Å². The van der Waals surface area contributed by atoms with Crippen molar-refractivity contribution in [2.75, 3.05) is 6.54 Å². The SMILES string of the molecule is CCCCNC(=O)Cc1c(C)n(C(=O)c2ccc(Cl)c(F)c2)c2ccc(O)c(F)c12. The summed E-state index contributed by atoms with van der Waals surface area (Å²) < 4.78 is 29.9. The van der Waals surface area contributed by atoms with Gasteiger partial charge in [0.25, 0.3) is 5.91 Å². The Morgan fingerprint density at radius 2 is 1.93 bits per heavy atom. The summed E-state index contributed by atoms with van der Waals surface area (Å²) in [4.78, 5) is 25.5. The number of phenols is 1. The highest BCUT2D eigenvalue weighted by molar-refractivity contribution is 6.30. The number of aromatic nitrogens is 1. The van der Waals surface area contributed by atoms with Crippen LogP contribution in [0.3, 0.4) is 0 Å². The Kier molecular flexibility index (Phi) is 6.41. The first-order valence-corrected chi connectivity index (χ1v) is 9.91. The molecule has 30 heavy (non-hydrogen) atoms. The average Bonchev–Trinajstić information content (AvgIpc) is 2.98. The molecule has 0 spiro atoms. The van der Waals surface area contributed by atoms with Gasteiger partial charge in [0.2, 0.25) is 5.91 Å². The van der Waals surface area contributed by atoms with Crippen LogP contribution in [-0.4, -0.2) is 28.0 Å². The van der Waals surface area contributed by atoms with Crippen molar-refractivity contribution in [3.63, 3.8) is 0 Å². The Morgan fingerprint density at radius 3 is 2.60 bits per heavy atom. The van der Waals surface area contributed by atoms with E-state index in [1.165, 1.54) is 22.8 Å². The first-order valence-electron chi connectivity index (χ1n) is 9.54. The quantitative estimate of drug-likeness (QED) is 0.551. The predicted molar refractivity (Wildman–Crippen MR) is 111 cm³/mol. The number of phenolic OH excluding ortho intramolecular Hbond substituents is 1. The molecule has 1 aromatic heterocycles. The number of hydrogen-bond acceptors (Lipinski definition) is 3. The fraction of sp³-hybridized carbons (Fsp3) is 0.273. The molecule has 5 nitrogen and oxygen atoms in total. The van der Waals surface area contributed by atoms with E-state index in [4.69, 9.17) is 11.6 Å². The van der Waals surface area contributed by atoms with Crippen LogP contribution in [0.2, 0.25) is 5.02 Å². The van der Waals surface area contributed by atoms with Crippen molar-refractivity contribution in [2.45, 2.75) is 33.1 Å². The molecule has 0 aliphatic rings. The summed E-state index contributed by atoms with van der Waals surface area (Å²) in [6.45, 7) is 4.06. The number of amides is 1. The van der Waals surface area contributed by atoms with Crippen molar-refractivity contribution < 1.29 is 23.5 Å². The summed E-state index contributed by atoms with van der Waals surface area (Å²) in [6, 6.07) is 6.16. The number of fused-ring (bicyclic) bond motifs is 1. The number of unbranched alkanes of at least 4 members (excludes halogenated alkanes) is 1. The molecule has 8 heteroatoms. The second-order valence-electron chi connectivity index (χ2n) is 7.01. The van der Waals surface area contributed by atoms with Crippen LogP contribution in [0.4, 0.5) is 8.78 Å². The maximum absolute atomic E-state index is 14.8. The molecule has 2 N–H and O–H groups in total. The highest BCUT2D eigenvalue weighted by Gasteiger charge is 2.25. The molecule has 3 aromatic rings. The number of carbonyl (C=O) groups excluding carboxylic acids is 2. The lowest BCUT2D eigenvalue weighted by molar-refractivity contribution is -0.120. The molecule has 0 unspecified atom stereocenters. The second kappa shape index (κ2) is 8.83. The fourth-order valence-electron chi connectivity index (χ4n) is 3.39. The molecule has 1 amide bonds. The van der Waals surface area contributed by atoms with E-state index < -0.39 is 23.3 Å². The van der Waals surface area contributed by atoms with Crippen molar-refractivity contribution in [1.29, 1.82) is 0 Å². The number of aromatic hydroxyl groups is 1. The van der Waals surface area contributed by atoms with Crippen LogP contribution in [0, 0.1) is 18.6 Å². The molecule has 0 radical (unpaired) electrons. The van der Waals surface area contributed by atoms with E-state index in [1.54, 1.807) is 6.92 Å². The van der Waals surface area contributed by atoms with Gasteiger partial charge in [0.05, 0.1) is 17.0 Å². The van der Waals surface area contributed by atoms with Crippen molar-refractivity contribution >= 4 is 34.3 Å². The Balaban J connectivity index is 2.12. The van der Waals surface area contributed by atoms with E-state index in [2.05, 4.69) is 5.32 Å². The zero-order chi connectivity index (χ0) is 22.0. The normalized spacial score (nSPS) is 11.1. The average molecular weight is 435 g/mol. The van der Waals surface area contributed by atoms with Gasteiger partial charge in [-0.05, 0) is 49.2 Å². The third-order valence-corrected chi connectivity index (χ3v) is 5.28. The lowest BCUT2D eigenvalue weighted by Gasteiger charge is -2.09. The molecule has 0 aliphatic heterocycles. The van der Waals surface area contributed by atoms with E-state index in [0.29, 0.717) is 12.2 Å². The van der Waals surface area contributed by atoms with Crippen molar-refractivity contribution in [2.24, 2.45) is 0 Å². The zero-order valence-corrected chi connectivity index (χ0v) is 17.3. The summed E-state index contributed by atoms with van der Waals surface area (Å²) in [5.41, 5.74) is 0.819. The molecule has 0 bridgehead atoms. The maximum atomic E-state index is 14.8. The Labute approximate surface area is 177 Å². The van der Waals surface area contributed by atoms with Crippen LogP contribution in [-0.2, 0) is 11.2 Å². The van der Waals surface area contributed by atoms with Crippen LogP contribution in [0.25, 0.3) is 10.9 Å². The molecule has 0 aliphatic carbocycles. The summed E-state index contributed by atoms with van der Waals surface area (Å²) in [6.07, 6.45) is 1.55. The Morgan fingerprint density at radius 1 is 1.20 bits per heavy atom. The lowest BCUT2D eigenvalue weighted by Crippen LogP contribution is -2.26. The minimum Gasteiger partial charge on any atom is -0.505 e. The standard InChI is InChI=1S/C22H21ClF2N2O3/c1-3-4-9-26-19(29)11-14-12(2)27(17-7-8-18(28)21(25)20(14)17)22(30)13-5-6-15(23)16(24)10-13/h5-8,10,28H,3-4,9,11H2,1-2H3,(H,26,29). The van der Waals surface area contributed by atoms with Crippen LogP contribution in [0.15, 0.2) is 30.3 Å². The monoisotopic (exact) mass is 434 g/mol. The van der Waals surface area contributed by atoms with Gasteiger partial charge in [-0.25, -0.2) is 8.78 Å². The van der Waals surface area contributed by atoms with E-state index in [0.717, 1.165) is 25.0 Å². The molecule has 3 rings (SSSR count). The molecule has 158 valence electrons. The number of benzene rings is 2. The summed E-state index contributed by atoms with van der Waals surface area (Å²) in [5, 5.41) is 12.5. The van der Waals surface area contributed by atoms with Crippen LogP contribution in [0.5, 0.6) is 5.75 Å². The van der Waals surface area contributed by atoms with Gasteiger partial charge in [-0.1, -0.05) is 24.9 Å². The molecule has 0 saturated heterocycles. The van der Waals surface area contributed by atoms with Gasteiger partial charge in [-0.3, -0.25) is 14.2 Å². The van der Waals surface area contributed by atoms with Gasteiger partial charge < -0.3 is 10.4 Å². The fourth-order valence-corrected chi connectivity index (χ4v) is 3.51. The summed E-state index contributed by atoms with van der Waals surface area (Å²) >= 11 is 5.69. The zero-order valence-electron chi connectivity index (χ0n) is 16.6. The smallest absolute Gasteiger partial charge is 0.262 e. The van der Waals surface area contributed by atoms with Crippen LogP contribution < -0.4 is 5.32 Å². The largest absolute Gasteiger partial charge is 0.505 e. The van der Waals surface area contributed by atoms with Gasteiger partial charge in [0.15, 0.2) is 11.6 Å². The first kappa shape index (κ1) is 21.8. The van der Waals surface area contributed by atoms with Crippen molar-refractivity contribution in [1.82, 2.24) is 9.88 Å². The van der Waals surface area contributed by atoms with Crippen molar-refractivity contribution in [3.05, 3.63) is 63.8 Å². The van der Waals surface area contributed by atoms with Crippen LogP contribution >= 0.6 is 11.6 Å². The second-order valence-corrected chi connectivity index (χ2v) is 7.41.